The van der Waals surface area contributed by atoms with Crippen LogP contribution in [0.2, 0.25) is 0 Å². The minimum absolute atomic E-state index is 0.270. The predicted octanol–water partition coefficient (Wildman–Crippen LogP) is 1.85. The van der Waals surface area contributed by atoms with E-state index in [0.29, 0.717) is 0 Å². The molecule has 0 aliphatic heterocycles. The summed E-state index contributed by atoms with van der Waals surface area (Å²) in [5.41, 5.74) is 0. The standard InChI is InChI=1S/C10H22O3/c1-9(5-7-11-3)13-10(2)6-8-12-4/h9-10H,5-8H2,1-4H3. The fraction of sp³-hybridized carbons (Fsp3) is 1.00. The van der Waals surface area contributed by atoms with Crippen LogP contribution in [0.5, 0.6) is 0 Å². The lowest BCUT2D eigenvalue weighted by Gasteiger charge is -2.18. The third kappa shape index (κ3) is 8.22. The van der Waals surface area contributed by atoms with E-state index in [4.69, 9.17) is 14.2 Å². The minimum Gasteiger partial charge on any atom is -0.385 e. The Morgan fingerprint density at radius 2 is 1.23 bits per heavy atom. The lowest BCUT2D eigenvalue weighted by molar-refractivity contribution is -0.0199. The molecular weight excluding hydrogens is 168 g/mol. The zero-order valence-electron chi connectivity index (χ0n) is 9.21. The Bertz CT molecular complexity index is 94.3. The summed E-state index contributed by atoms with van der Waals surface area (Å²) >= 11 is 0. The van der Waals surface area contributed by atoms with Gasteiger partial charge in [0.2, 0.25) is 0 Å². The van der Waals surface area contributed by atoms with Gasteiger partial charge in [-0.3, -0.25) is 0 Å². The van der Waals surface area contributed by atoms with E-state index in [1.807, 2.05) is 0 Å². The van der Waals surface area contributed by atoms with Crippen LogP contribution in [-0.2, 0) is 14.2 Å². The summed E-state index contributed by atoms with van der Waals surface area (Å²) in [5.74, 6) is 0. The molecule has 0 bridgehead atoms. The van der Waals surface area contributed by atoms with Gasteiger partial charge >= 0.3 is 0 Å². The first-order valence-electron chi connectivity index (χ1n) is 4.84. The Balaban J connectivity index is 3.35. The summed E-state index contributed by atoms with van der Waals surface area (Å²) in [7, 11) is 3.42. The van der Waals surface area contributed by atoms with Gasteiger partial charge in [-0.1, -0.05) is 0 Å². The Morgan fingerprint density at radius 3 is 1.54 bits per heavy atom. The van der Waals surface area contributed by atoms with Crippen molar-refractivity contribution in [3.8, 4) is 0 Å². The summed E-state index contributed by atoms with van der Waals surface area (Å²) in [6.45, 7) is 5.67. The highest BCUT2D eigenvalue weighted by molar-refractivity contribution is 4.55. The molecule has 0 saturated heterocycles. The maximum absolute atomic E-state index is 5.69. The normalized spacial score (nSPS) is 15.7. The molecule has 0 amide bonds. The van der Waals surface area contributed by atoms with Crippen LogP contribution in [0.15, 0.2) is 0 Å². The number of rotatable bonds is 8. The number of methoxy groups -OCH3 is 2. The van der Waals surface area contributed by atoms with Gasteiger partial charge in [0.05, 0.1) is 12.2 Å². The van der Waals surface area contributed by atoms with Crippen molar-refractivity contribution in [3.05, 3.63) is 0 Å². The molecule has 0 aromatic carbocycles. The number of hydrogen-bond donors (Lipinski definition) is 0. The second-order valence-corrected chi connectivity index (χ2v) is 3.32. The SMILES string of the molecule is COCCC(C)OC(C)CCOC. The smallest absolute Gasteiger partial charge is 0.0572 e. The van der Waals surface area contributed by atoms with Crippen LogP contribution in [0, 0.1) is 0 Å². The van der Waals surface area contributed by atoms with Crippen molar-refractivity contribution in [2.45, 2.75) is 38.9 Å². The molecular formula is C10H22O3. The quantitative estimate of drug-likeness (QED) is 0.584. The minimum atomic E-state index is 0.270. The lowest BCUT2D eigenvalue weighted by atomic mass is 10.2. The van der Waals surface area contributed by atoms with Crippen LogP contribution in [0.3, 0.4) is 0 Å². The molecule has 0 spiro atoms. The van der Waals surface area contributed by atoms with Gasteiger partial charge in [-0.15, -0.1) is 0 Å². The van der Waals surface area contributed by atoms with Crippen molar-refractivity contribution >= 4 is 0 Å². The van der Waals surface area contributed by atoms with Gasteiger partial charge in [0.15, 0.2) is 0 Å². The molecule has 0 aliphatic carbocycles. The highest BCUT2D eigenvalue weighted by atomic mass is 16.5. The Kier molecular flexibility index (Phi) is 8.40. The molecule has 3 nitrogen and oxygen atoms in total. The first kappa shape index (κ1) is 12.9. The predicted molar refractivity (Wildman–Crippen MR) is 53.0 cm³/mol. The van der Waals surface area contributed by atoms with Crippen LogP contribution in [0.25, 0.3) is 0 Å². The first-order chi connectivity index (χ1) is 6.20. The second-order valence-electron chi connectivity index (χ2n) is 3.32. The van der Waals surface area contributed by atoms with Crippen molar-refractivity contribution in [1.82, 2.24) is 0 Å². The maximum Gasteiger partial charge on any atom is 0.0572 e. The summed E-state index contributed by atoms with van der Waals surface area (Å²) in [6, 6.07) is 0. The van der Waals surface area contributed by atoms with Gasteiger partial charge in [-0.05, 0) is 26.7 Å². The molecule has 0 rings (SSSR count). The highest BCUT2D eigenvalue weighted by Gasteiger charge is 2.07. The monoisotopic (exact) mass is 190 g/mol. The summed E-state index contributed by atoms with van der Waals surface area (Å²) in [5, 5.41) is 0. The molecule has 3 heteroatoms. The Hall–Kier alpha value is -0.120. The van der Waals surface area contributed by atoms with Gasteiger partial charge < -0.3 is 14.2 Å². The van der Waals surface area contributed by atoms with Crippen molar-refractivity contribution < 1.29 is 14.2 Å². The van der Waals surface area contributed by atoms with Gasteiger partial charge in [0, 0.05) is 27.4 Å². The van der Waals surface area contributed by atoms with E-state index in [-0.39, 0.29) is 12.2 Å². The van der Waals surface area contributed by atoms with Crippen molar-refractivity contribution in [2.24, 2.45) is 0 Å². The zero-order chi connectivity index (χ0) is 10.1. The average Bonchev–Trinajstić information content (AvgIpc) is 2.11. The molecule has 0 radical (unpaired) electrons. The lowest BCUT2D eigenvalue weighted by Crippen LogP contribution is -2.19. The van der Waals surface area contributed by atoms with Crippen LogP contribution < -0.4 is 0 Å². The molecule has 0 heterocycles. The molecule has 80 valence electrons. The molecule has 0 N–H and O–H groups in total. The molecule has 0 aromatic rings. The van der Waals surface area contributed by atoms with E-state index in [1.54, 1.807) is 14.2 Å². The van der Waals surface area contributed by atoms with Crippen LogP contribution in [0.1, 0.15) is 26.7 Å². The van der Waals surface area contributed by atoms with Crippen molar-refractivity contribution in [1.29, 1.82) is 0 Å². The van der Waals surface area contributed by atoms with Gasteiger partial charge in [-0.2, -0.15) is 0 Å². The topological polar surface area (TPSA) is 27.7 Å². The zero-order valence-corrected chi connectivity index (χ0v) is 9.21. The third-order valence-electron chi connectivity index (χ3n) is 1.92. The Morgan fingerprint density at radius 1 is 0.846 bits per heavy atom. The van der Waals surface area contributed by atoms with Gasteiger partial charge in [-0.25, -0.2) is 0 Å². The van der Waals surface area contributed by atoms with E-state index in [2.05, 4.69) is 13.8 Å². The van der Waals surface area contributed by atoms with Crippen molar-refractivity contribution in [3.63, 3.8) is 0 Å². The number of ether oxygens (including phenoxy) is 3. The van der Waals surface area contributed by atoms with E-state index in [1.165, 1.54) is 0 Å². The van der Waals surface area contributed by atoms with Crippen molar-refractivity contribution in [2.75, 3.05) is 27.4 Å². The van der Waals surface area contributed by atoms with E-state index >= 15 is 0 Å². The maximum atomic E-state index is 5.69. The average molecular weight is 190 g/mol. The van der Waals surface area contributed by atoms with Crippen LogP contribution in [0.4, 0.5) is 0 Å². The molecule has 0 fully saturated rings. The fourth-order valence-corrected chi connectivity index (χ4v) is 1.10. The molecule has 0 saturated carbocycles. The van der Waals surface area contributed by atoms with E-state index in [0.717, 1.165) is 26.1 Å². The van der Waals surface area contributed by atoms with Gasteiger partial charge in [0.1, 0.15) is 0 Å². The highest BCUT2D eigenvalue weighted by Crippen LogP contribution is 2.05. The number of hydrogen-bond acceptors (Lipinski definition) is 3. The van der Waals surface area contributed by atoms with E-state index < -0.39 is 0 Å². The third-order valence-corrected chi connectivity index (χ3v) is 1.92. The summed E-state index contributed by atoms with van der Waals surface area (Å²) in [4.78, 5) is 0. The largest absolute Gasteiger partial charge is 0.385 e. The second kappa shape index (κ2) is 8.48. The molecule has 13 heavy (non-hydrogen) atoms. The molecule has 0 aromatic heterocycles. The van der Waals surface area contributed by atoms with E-state index in [9.17, 15) is 0 Å². The van der Waals surface area contributed by atoms with Crippen LogP contribution in [-0.4, -0.2) is 39.6 Å². The first-order valence-corrected chi connectivity index (χ1v) is 4.84. The molecule has 2 atom stereocenters. The van der Waals surface area contributed by atoms with Gasteiger partial charge in [0.25, 0.3) is 0 Å². The summed E-state index contributed by atoms with van der Waals surface area (Å²) in [6.07, 6.45) is 2.44. The Labute approximate surface area is 81.4 Å². The summed E-state index contributed by atoms with van der Waals surface area (Å²) < 4.78 is 15.6. The molecule has 2 unspecified atom stereocenters. The molecule has 0 aliphatic rings. The fourth-order valence-electron chi connectivity index (χ4n) is 1.10. The van der Waals surface area contributed by atoms with Crippen LogP contribution >= 0.6 is 0 Å².